The van der Waals surface area contributed by atoms with E-state index in [9.17, 15) is 0 Å². The van der Waals surface area contributed by atoms with Crippen LogP contribution in [0.1, 0.15) is 5.56 Å². The van der Waals surface area contributed by atoms with Crippen molar-refractivity contribution in [2.45, 2.75) is 0 Å². The van der Waals surface area contributed by atoms with Gasteiger partial charge in [-0.3, -0.25) is 5.43 Å². The topological polar surface area (TPSA) is 64.1 Å². The molecule has 6 nitrogen and oxygen atoms in total. The lowest BCUT2D eigenvalue weighted by Gasteiger charge is -2.09. The molecule has 0 spiro atoms. The maximum absolute atomic E-state index is 5.48. The van der Waals surface area contributed by atoms with Crippen molar-refractivity contribution in [1.29, 1.82) is 0 Å². The van der Waals surface area contributed by atoms with Crippen molar-refractivity contribution in [1.82, 2.24) is 10.7 Å². The van der Waals surface area contributed by atoms with E-state index in [4.69, 9.17) is 26.4 Å². The summed E-state index contributed by atoms with van der Waals surface area (Å²) in [5.74, 6) is 1.29. The van der Waals surface area contributed by atoms with E-state index < -0.39 is 0 Å². The average Bonchev–Trinajstić information content (AvgIpc) is 2.53. The molecule has 0 heterocycles. The van der Waals surface area contributed by atoms with Crippen molar-refractivity contribution < 1.29 is 14.2 Å². The Labute approximate surface area is 136 Å². The van der Waals surface area contributed by atoms with Crippen molar-refractivity contribution in [2.75, 3.05) is 34.0 Å². The quantitative estimate of drug-likeness (QED) is 0.237. The zero-order valence-electron chi connectivity index (χ0n) is 12.8. The zero-order valence-corrected chi connectivity index (χ0v) is 13.6. The van der Waals surface area contributed by atoms with Crippen molar-refractivity contribution in [2.24, 2.45) is 5.10 Å². The molecule has 0 aliphatic rings. The summed E-state index contributed by atoms with van der Waals surface area (Å²) in [6.07, 6.45) is 3.32. The van der Waals surface area contributed by atoms with Gasteiger partial charge in [0.15, 0.2) is 16.6 Å². The largest absolute Gasteiger partial charge is 0.493 e. The van der Waals surface area contributed by atoms with Crippen LogP contribution in [0.5, 0.6) is 11.5 Å². The Morgan fingerprint density at radius 3 is 2.86 bits per heavy atom. The van der Waals surface area contributed by atoms with Gasteiger partial charge in [-0.1, -0.05) is 12.7 Å². The first kappa shape index (κ1) is 17.9. The summed E-state index contributed by atoms with van der Waals surface area (Å²) in [5, 5.41) is 7.44. The van der Waals surface area contributed by atoms with E-state index in [1.807, 2.05) is 18.2 Å². The highest BCUT2D eigenvalue weighted by Crippen LogP contribution is 2.27. The van der Waals surface area contributed by atoms with E-state index in [2.05, 4.69) is 22.4 Å². The first-order chi connectivity index (χ1) is 10.7. The molecule has 0 saturated carbocycles. The fourth-order valence-electron chi connectivity index (χ4n) is 1.50. The molecule has 7 heteroatoms. The molecule has 0 atom stereocenters. The molecule has 0 aliphatic heterocycles. The first-order valence-corrected chi connectivity index (χ1v) is 7.09. The second kappa shape index (κ2) is 10.6. The molecule has 0 aromatic heterocycles. The molecule has 0 radical (unpaired) electrons. The standard InChI is InChI=1S/C15H21N3O3S/c1-4-8-21-13-6-5-12(10-14(13)20-3)11-17-18-15(22)16-7-9-19-2/h4-6,10-11H,1,7-9H2,2-3H3,(H2,16,18,22)/b17-11-. The van der Waals surface area contributed by atoms with Crippen LogP contribution in [0.3, 0.4) is 0 Å². The van der Waals surface area contributed by atoms with Crippen molar-refractivity contribution in [3.63, 3.8) is 0 Å². The Balaban J connectivity index is 2.56. The lowest BCUT2D eigenvalue weighted by molar-refractivity contribution is 0.204. The van der Waals surface area contributed by atoms with Gasteiger partial charge in [0, 0.05) is 13.7 Å². The van der Waals surface area contributed by atoms with Gasteiger partial charge in [0.05, 0.1) is 19.9 Å². The van der Waals surface area contributed by atoms with Gasteiger partial charge < -0.3 is 19.5 Å². The van der Waals surface area contributed by atoms with Crippen LogP contribution in [0.4, 0.5) is 0 Å². The Morgan fingerprint density at radius 1 is 1.36 bits per heavy atom. The fourth-order valence-corrected chi connectivity index (χ4v) is 1.66. The minimum atomic E-state index is 0.423. The summed E-state index contributed by atoms with van der Waals surface area (Å²) < 4.78 is 15.7. The third-order valence-corrected chi connectivity index (χ3v) is 2.75. The van der Waals surface area contributed by atoms with Crippen molar-refractivity contribution in [3.05, 3.63) is 36.4 Å². The number of ether oxygens (including phenoxy) is 3. The fraction of sp³-hybridized carbons (Fsp3) is 0.333. The van der Waals surface area contributed by atoms with Crippen LogP contribution in [-0.2, 0) is 4.74 Å². The van der Waals surface area contributed by atoms with Gasteiger partial charge in [-0.15, -0.1) is 0 Å². The van der Waals surface area contributed by atoms with E-state index in [0.29, 0.717) is 36.4 Å². The number of hydrazone groups is 1. The number of benzene rings is 1. The van der Waals surface area contributed by atoms with Crippen LogP contribution in [0.15, 0.2) is 36.0 Å². The lowest BCUT2D eigenvalue weighted by Crippen LogP contribution is -2.34. The van der Waals surface area contributed by atoms with Crippen LogP contribution in [0, 0.1) is 0 Å². The summed E-state index contributed by atoms with van der Waals surface area (Å²) in [7, 11) is 3.22. The number of thiocarbonyl (C=S) groups is 1. The highest BCUT2D eigenvalue weighted by atomic mass is 32.1. The molecule has 1 aromatic rings. The number of hydrogen-bond acceptors (Lipinski definition) is 5. The van der Waals surface area contributed by atoms with Gasteiger partial charge in [0.25, 0.3) is 0 Å². The van der Waals surface area contributed by atoms with Crippen LogP contribution in [0.25, 0.3) is 0 Å². The number of nitrogens with zero attached hydrogens (tertiary/aromatic N) is 1. The number of hydrogen-bond donors (Lipinski definition) is 2. The minimum Gasteiger partial charge on any atom is -0.493 e. The van der Waals surface area contributed by atoms with Gasteiger partial charge >= 0.3 is 0 Å². The lowest BCUT2D eigenvalue weighted by atomic mass is 10.2. The second-order valence-corrected chi connectivity index (χ2v) is 4.54. The molecule has 0 bridgehead atoms. The predicted octanol–water partition coefficient (Wildman–Crippen LogP) is 1.70. The monoisotopic (exact) mass is 323 g/mol. The summed E-state index contributed by atoms with van der Waals surface area (Å²) in [4.78, 5) is 0. The van der Waals surface area contributed by atoms with Crippen LogP contribution in [0.2, 0.25) is 0 Å². The highest BCUT2D eigenvalue weighted by Gasteiger charge is 2.04. The smallest absolute Gasteiger partial charge is 0.187 e. The van der Waals surface area contributed by atoms with E-state index in [-0.39, 0.29) is 0 Å². The number of rotatable bonds is 9. The molecule has 2 N–H and O–H groups in total. The summed E-state index contributed by atoms with van der Waals surface area (Å²) >= 11 is 5.05. The molecule has 0 saturated heterocycles. The van der Waals surface area contributed by atoms with Gasteiger partial charge in [-0.25, -0.2) is 0 Å². The maximum Gasteiger partial charge on any atom is 0.187 e. The van der Waals surface area contributed by atoms with Crippen LogP contribution < -0.4 is 20.2 Å². The summed E-state index contributed by atoms with van der Waals surface area (Å²) in [6.45, 7) is 5.24. The second-order valence-electron chi connectivity index (χ2n) is 4.13. The number of methoxy groups -OCH3 is 2. The molecular weight excluding hydrogens is 302 g/mol. The summed E-state index contributed by atoms with van der Waals surface area (Å²) in [5.41, 5.74) is 3.58. The molecular formula is C15H21N3O3S. The SMILES string of the molecule is C=CCOc1ccc(/C=N\NC(=S)NCCOC)cc1OC. The molecule has 0 aliphatic carbocycles. The Kier molecular flexibility index (Phi) is 8.63. The summed E-state index contributed by atoms with van der Waals surface area (Å²) in [6, 6.07) is 5.51. The molecule has 120 valence electrons. The highest BCUT2D eigenvalue weighted by molar-refractivity contribution is 7.80. The maximum atomic E-state index is 5.48. The van der Waals surface area contributed by atoms with Gasteiger partial charge in [0.2, 0.25) is 0 Å². The van der Waals surface area contributed by atoms with Gasteiger partial charge in [-0.05, 0) is 36.0 Å². The van der Waals surface area contributed by atoms with E-state index in [1.54, 1.807) is 26.5 Å². The van der Waals surface area contributed by atoms with E-state index in [0.717, 1.165) is 5.56 Å². The van der Waals surface area contributed by atoms with Gasteiger partial charge in [0.1, 0.15) is 6.61 Å². The Morgan fingerprint density at radius 2 is 2.18 bits per heavy atom. The zero-order chi connectivity index (χ0) is 16.2. The molecule has 1 rings (SSSR count). The third-order valence-electron chi connectivity index (χ3n) is 2.52. The molecule has 22 heavy (non-hydrogen) atoms. The third kappa shape index (κ3) is 6.55. The van der Waals surface area contributed by atoms with Gasteiger partial charge in [-0.2, -0.15) is 5.10 Å². The predicted molar refractivity (Wildman–Crippen MR) is 91.9 cm³/mol. The van der Waals surface area contributed by atoms with Crippen molar-refractivity contribution >= 4 is 23.5 Å². The minimum absolute atomic E-state index is 0.423. The Hall–Kier alpha value is -2.12. The van der Waals surface area contributed by atoms with E-state index >= 15 is 0 Å². The van der Waals surface area contributed by atoms with Crippen molar-refractivity contribution in [3.8, 4) is 11.5 Å². The molecule has 1 aromatic carbocycles. The Bertz CT molecular complexity index is 521. The number of nitrogens with one attached hydrogen (secondary N) is 2. The van der Waals surface area contributed by atoms with Crippen LogP contribution in [-0.4, -0.2) is 45.3 Å². The molecule has 0 amide bonds. The van der Waals surface area contributed by atoms with E-state index in [1.165, 1.54) is 0 Å². The normalized spacial score (nSPS) is 10.3. The molecule has 0 fully saturated rings. The van der Waals surface area contributed by atoms with Crippen LogP contribution >= 0.6 is 12.2 Å². The first-order valence-electron chi connectivity index (χ1n) is 6.68. The molecule has 0 unspecified atom stereocenters. The average molecular weight is 323 g/mol.